The summed E-state index contributed by atoms with van der Waals surface area (Å²) in [5.74, 6) is -0.190. The molecule has 0 aliphatic heterocycles. The van der Waals surface area contributed by atoms with E-state index >= 15 is 0 Å². The third-order valence-corrected chi connectivity index (χ3v) is 10.1. The van der Waals surface area contributed by atoms with Gasteiger partial charge in [-0.3, -0.25) is 0 Å². The minimum absolute atomic E-state index is 0.190. The molecule has 0 aromatic heterocycles. The fourth-order valence-electron chi connectivity index (χ4n) is 3.88. The third kappa shape index (κ3) is 3.56. The zero-order valence-electron chi connectivity index (χ0n) is 15.1. The van der Waals surface area contributed by atoms with Gasteiger partial charge in [0.15, 0.2) is 0 Å². The van der Waals surface area contributed by atoms with Crippen LogP contribution in [0.4, 0.5) is 4.39 Å². The van der Waals surface area contributed by atoms with Crippen LogP contribution in [0.2, 0.25) is 0 Å². The molecule has 0 amide bonds. The van der Waals surface area contributed by atoms with Gasteiger partial charge in [0.25, 0.3) is 0 Å². The van der Waals surface area contributed by atoms with Gasteiger partial charge in [-0.1, -0.05) is 0 Å². The molecule has 0 saturated heterocycles. The van der Waals surface area contributed by atoms with Crippen LogP contribution in [0.3, 0.4) is 0 Å². The van der Waals surface area contributed by atoms with E-state index in [1.165, 1.54) is 21.5 Å². The summed E-state index contributed by atoms with van der Waals surface area (Å²) in [6.45, 7) is 0. The SMILES string of the molecule is [18F]c1ccc(C[PH](c2ccccc2)(c2ccccc2)c2ccccc2)cc1. The van der Waals surface area contributed by atoms with Crippen molar-refractivity contribution in [2.24, 2.45) is 0 Å². The standard InChI is InChI=1S/C25H22FP/c26-22-18-16-21(17-19-22)20-27(23-10-4-1-5-11-23,24-12-6-2-7-13-24)25-14-8-3-9-15-25/h1-19,27H,20H2/i26-1. The fourth-order valence-corrected chi connectivity index (χ4v) is 8.63. The molecule has 0 bridgehead atoms. The van der Waals surface area contributed by atoms with Gasteiger partial charge in [-0.2, -0.15) is 0 Å². The van der Waals surface area contributed by atoms with Crippen molar-refractivity contribution in [2.45, 2.75) is 6.16 Å². The van der Waals surface area contributed by atoms with Crippen molar-refractivity contribution in [1.29, 1.82) is 0 Å². The fraction of sp³-hybridized carbons (Fsp3) is 0.0400. The van der Waals surface area contributed by atoms with Gasteiger partial charge in [-0.15, -0.1) is 0 Å². The van der Waals surface area contributed by atoms with Gasteiger partial charge in [0, 0.05) is 0 Å². The molecule has 0 spiro atoms. The van der Waals surface area contributed by atoms with Gasteiger partial charge in [0.1, 0.15) is 0 Å². The summed E-state index contributed by atoms with van der Waals surface area (Å²) in [5.41, 5.74) is 1.17. The van der Waals surface area contributed by atoms with Crippen LogP contribution in [0.1, 0.15) is 5.56 Å². The van der Waals surface area contributed by atoms with Crippen LogP contribution >= 0.6 is 7.26 Å². The van der Waals surface area contributed by atoms with Crippen LogP contribution in [0.5, 0.6) is 0 Å². The molecule has 0 fully saturated rings. The van der Waals surface area contributed by atoms with E-state index < -0.39 is 7.26 Å². The van der Waals surface area contributed by atoms with Crippen molar-refractivity contribution < 1.29 is 4.39 Å². The quantitative estimate of drug-likeness (QED) is 0.431. The Balaban J connectivity index is 1.98. The third-order valence-electron chi connectivity index (χ3n) is 5.18. The van der Waals surface area contributed by atoms with Crippen LogP contribution < -0.4 is 15.9 Å². The van der Waals surface area contributed by atoms with Crippen molar-refractivity contribution in [2.75, 3.05) is 0 Å². The first-order chi connectivity index (χ1) is 13.3. The second-order valence-electron chi connectivity index (χ2n) is 6.81. The Bertz CT molecular complexity index is 884. The van der Waals surface area contributed by atoms with E-state index in [1.54, 1.807) is 12.1 Å². The Hall–Kier alpha value is -2.76. The van der Waals surface area contributed by atoms with E-state index in [4.69, 9.17) is 0 Å². The Kier molecular flexibility index (Phi) is 5.14. The zero-order chi connectivity index (χ0) is 18.5. The average molecular weight is 371 g/mol. The molecule has 0 heterocycles. The maximum atomic E-state index is 13.5. The monoisotopic (exact) mass is 371 g/mol. The molecule has 0 radical (unpaired) electrons. The van der Waals surface area contributed by atoms with Gasteiger partial charge in [0.2, 0.25) is 0 Å². The molecule has 0 aliphatic carbocycles. The summed E-state index contributed by atoms with van der Waals surface area (Å²) >= 11 is 0. The summed E-state index contributed by atoms with van der Waals surface area (Å²) in [4.78, 5) is 0. The van der Waals surface area contributed by atoms with Crippen LogP contribution in [-0.2, 0) is 6.16 Å². The number of hydrogen-bond acceptors (Lipinski definition) is 0. The molecular formula is C25H22FP. The molecule has 134 valence electrons. The summed E-state index contributed by atoms with van der Waals surface area (Å²) in [5, 5.41) is 4.10. The molecule has 0 aliphatic rings. The first-order valence-corrected chi connectivity index (χ1v) is 11.4. The van der Waals surface area contributed by atoms with Gasteiger partial charge >= 0.3 is 160 Å². The van der Waals surface area contributed by atoms with Gasteiger partial charge in [0.05, 0.1) is 0 Å². The van der Waals surface area contributed by atoms with E-state index in [0.29, 0.717) is 0 Å². The molecule has 4 rings (SSSR count). The second kappa shape index (κ2) is 7.86. The Morgan fingerprint density at radius 3 is 1.22 bits per heavy atom. The zero-order valence-corrected chi connectivity index (χ0v) is 16.1. The Morgan fingerprint density at radius 2 is 0.852 bits per heavy atom. The molecule has 2 heteroatoms. The van der Waals surface area contributed by atoms with E-state index in [-0.39, 0.29) is 5.82 Å². The summed E-state index contributed by atoms with van der Waals surface area (Å²) in [6.07, 6.45) is 0.894. The van der Waals surface area contributed by atoms with Crippen molar-refractivity contribution in [3.05, 3.63) is 127 Å². The maximum absolute atomic E-state index is 13.5. The van der Waals surface area contributed by atoms with Crippen LogP contribution in [0.25, 0.3) is 0 Å². The average Bonchev–Trinajstić information content (AvgIpc) is 2.75. The summed E-state index contributed by atoms with van der Waals surface area (Å²) in [7, 11) is -2.30. The Labute approximate surface area is 160 Å². The van der Waals surface area contributed by atoms with E-state index in [2.05, 4.69) is 91.0 Å². The normalized spacial score (nSPS) is 11.9. The molecule has 4 aromatic rings. The first-order valence-electron chi connectivity index (χ1n) is 9.20. The molecule has 4 aromatic carbocycles. The van der Waals surface area contributed by atoms with Gasteiger partial charge < -0.3 is 0 Å². The van der Waals surface area contributed by atoms with Gasteiger partial charge in [-0.25, -0.2) is 0 Å². The topological polar surface area (TPSA) is 0 Å². The molecular weight excluding hydrogens is 349 g/mol. The van der Waals surface area contributed by atoms with E-state index in [9.17, 15) is 4.39 Å². The molecule has 0 saturated carbocycles. The van der Waals surface area contributed by atoms with Crippen molar-refractivity contribution >= 4 is 23.2 Å². The predicted molar refractivity (Wildman–Crippen MR) is 117 cm³/mol. The van der Waals surface area contributed by atoms with Crippen LogP contribution in [0.15, 0.2) is 115 Å². The van der Waals surface area contributed by atoms with Crippen molar-refractivity contribution in [3.63, 3.8) is 0 Å². The molecule has 0 atom stereocenters. The Morgan fingerprint density at radius 1 is 0.481 bits per heavy atom. The molecule has 0 nitrogen and oxygen atoms in total. The van der Waals surface area contributed by atoms with E-state index in [0.717, 1.165) is 6.16 Å². The van der Waals surface area contributed by atoms with Crippen molar-refractivity contribution in [1.82, 2.24) is 0 Å². The summed E-state index contributed by atoms with van der Waals surface area (Å²) < 4.78 is 13.5. The molecule has 0 unspecified atom stereocenters. The van der Waals surface area contributed by atoms with Crippen LogP contribution in [0, 0.1) is 5.82 Å². The van der Waals surface area contributed by atoms with E-state index in [1.807, 2.05) is 12.1 Å². The van der Waals surface area contributed by atoms with Crippen LogP contribution in [-0.4, -0.2) is 0 Å². The number of hydrogen-bond donors (Lipinski definition) is 0. The van der Waals surface area contributed by atoms with Crippen molar-refractivity contribution in [3.8, 4) is 0 Å². The molecule has 27 heavy (non-hydrogen) atoms. The second-order valence-corrected chi connectivity index (χ2v) is 10.7. The summed E-state index contributed by atoms with van der Waals surface area (Å²) in [6, 6.07) is 39.4. The molecule has 0 N–H and O–H groups in total. The first kappa shape index (κ1) is 17.6. The minimum atomic E-state index is -2.30. The number of halogens is 1. The number of rotatable bonds is 5. The van der Waals surface area contributed by atoms with Gasteiger partial charge in [-0.05, 0) is 0 Å². The number of benzene rings is 4. The predicted octanol–water partition coefficient (Wildman–Crippen LogP) is 5.05.